The largest absolute Gasteiger partial charge is 0.675 e. The number of carbonyl (C=O) groups excluding carboxylic acids is 3. The van der Waals surface area contributed by atoms with Gasteiger partial charge < -0.3 is 31.2 Å². The average molecular weight is 1000 g/mol. The number of carbonyl (C=O) groups is 3. The van der Waals surface area contributed by atoms with E-state index in [4.69, 9.17) is 20.4 Å². The number of aromatic amines is 1. The molecule has 2 aromatic rings. The molecule has 5 fully saturated rings. The van der Waals surface area contributed by atoms with Crippen LogP contribution >= 0.6 is 0 Å². The number of aliphatic hydroxyl groups excluding tert-OH is 1. The molecule has 21 heteroatoms. The van der Waals surface area contributed by atoms with Gasteiger partial charge in [0, 0.05) is 56.8 Å². The van der Waals surface area contributed by atoms with Crippen molar-refractivity contribution in [3.63, 3.8) is 0 Å². The van der Waals surface area contributed by atoms with Crippen LogP contribution in [0.5, 0.6) is 5.75 Å². The Morgan fingerprint density at radius 1 is 0.984 bits per heavy atom. The zero-order chi connectivity index (χ0) is 47.1. The molecule has 1 saturated heterocycles. The molecule has 5 aliphatic rings. The third-order valence-electron chi connectivity index (χ3n) is 10.4. The zero-order valence-corrected chi connectivity index (χ0v) is 42.2. The standard InChI is InChI=1S/C13H22N2O3.C10H15NO4S.C10H9NO2.C4H9NO3S.C3H8N.C2H6.Y/c14-12(17)10-7-4-8-15(10)13(18)11(16)9-5-2-1-3-6-9;1-3-7-6-8(7)9(12)11-16(13,14)15-10(2)4-5-10;1-13-8-2-3-9-7(6-8)4-5-11-10(9)12;1-4(2-3-4)8-9(5,6)7;1-3(2)4;1-2;/h9-11,16H,1-8H2,(H2,14,17);3,7-8H,1,4-6H2,2H3,(H,11,12);2-6H,1H3,(H,11,12);2-3H2,1H3,(H2,5,6,7);3-4H,1-2H3;1-2H3;/q;;;;-1;;/t10-,11-;7-,8+;;;;;/m01...../s1. The second-order valence-electron chi connectivity index (χ2n) is 16.6. The number of hydrogen-bond donors (Lipinski definition) is 5. The first-order chi connectivity index (χ1) is 28.9. The summed E-state index contributed by atoms with van der Waals surface area (Å²) in [5, 5.41) is 16.3. The summed E-state index contributed by atoms with van der Waals surface area (Å²) in [5.41, 5.74) is 10.7. The van der Waals surface area contributed by atoms with Crippen molar-refractivity contribution in [3.8, 4) is 5.75 Å². The first-order valence-corrected chi connectivity index (χ1v) is 24.1. The van der Waals surface area contributed by atoms with Crippen molar-refractivity contribution in [1.29, 1.82) is 0 Å². The monoisotopic (exact) mass is 1000 g/mol. The van der Waals surface area contributed by atoms with Crippen molar-refractivity contribution < 1.29 is 82.1 Å². The van der Waals surface area contributed by atoms with E-state index in [9.17, 15) is 41.1 Å². The van der Waals surface area contributed by atoms with Gasteiger partial charge in [0.15, 0.2) is 0 Å². The Bertz CT molecular complexity index is 2070. The van der Waals surface area contributed by atoms with Gasteiger partial charge in [0.25, 0.3) is 11.5 Å². The second-order valence-corrected chi connectivity index (χ2v) is 19.0. The van der Waals surface area contributed by atoms with Crippen molar-refractivity contribution in [3.05, 3.63) is 59.2 Å². The van der Waals surface area contributed by atoms with Crippen LogP contribution in [-0.2, 0) is 76.1 Å². The first-order valence-electron chi connectivity index (χ1n) is 21.2. The summed E-state index contributed by atoms with van der Waals surface area (Å²) in [6.07, 6.45) is 12.6. The number of primary amides is 1. The number of nitrogens with zero attached hydrogens (tertiary/aromatic N) is 1. The molecule has 4 atom stereocenters. The van der Waals surface area contributed by atoms with Gasteiger partial charge in [-0.15, -0.1) is 12.6 Å². The molecule has 63 heavy (non-hydrogen) atoms. The van der Waals surface area contributed by atoms with Gasteiger partial charge in [-0.2, -0.15) is 16.8 Å². The fourth-order valence-electron chi connectivity index (χ4n) is 6.51. The summed E-state index contributed by atoms with van der Waals surface area (Å²) in [6.45, 7) is 15.2. The zero-order valence-electron chi connectivity index (χ0n) is 37.8. The van der Waals surface area contributed by atoms with Crippen LogP contribution in [0.4, 0.5) is 0 Å². The SMILES string of the molecule is C=C[C@@H]1C[C@@H]1C(=O)NS(=O)(=O)OC1(C)CC1.CC.CC(C)[NH-].CC1(OS(N)(=O)=O)CC1.COc1ccc2c(=O)[nH]ccc2c1.NC(=O)[C@@H]1CCCN1C(=O)[C@@H](O)C1CCCCC1.[Y]. The van der Waals surface area contributed by atoms with Crippen LogP contribution in [0.25, 0.3) is 16.5 Å². The van der Waals surface area contributed by atoms with Crippen LogP contribution in [0, 0.1) is 17.8 Å². The molecule has 18 nitrogen and oxygen atoms in total. The molecule has 4 aliphatic carbocycles. The Morgan fingerprint density at radius 2 is 1.54 bits per heavy atom. The number of allylic oxidation sites excluding steroid dienone is 1. The van der Waals surface area contributed by atoms with Crippen molar-refractivity contribution in [2.75, 3.05) is 13.7 Å². The molecular weight excluding hydrogens is 934 g/mol. The van der Waals surface area contributed by atoms with Crippen LogP contribution < -0.4 is 25.9 Å². The van der Waals surface area contributed by atoms with Crippen molar-refractivity contribution in [2.24, 2.45) is 28.6 Å². The van der Waals surface area contributed by atoms with E-state index in [-0.39, 0.29) is 68.0 Å². The van der Waals surface area contributed by atoms with Gasteiger partial charge in [0.2, 0.25) is 11.8 Å². The molecule has 3 amide bonds. The number of pyridine rings is 1. The van der Waals surface area contributed by atoms with E-state index >= 15 is 0 Å². The van der Waals surface area contributed by atoms with Crippen molar-refractivity contribution >= 4 is 49.1 Å². The molecule has 8 N–H and O–H groups in total. The molecule has 2 heterocycles. The van der Waals surface area contributed by atoms with E-state index in [1.54, 1.807) is 45.4 Å². The number of ether oxygens (including phenoxy) is 1. The van der Waals surface area contributed by atoms with Gasteiger partial charge in [-0.3, -0.25) is 23.4 Å². The number of rotatable bonds is 11. The van der Waals surface area contributed by atoms with Gasteiger partial charge in [-0.25, -0.2) is 14.0 Å². The van der Waals surface area contributed by atoms with Crippen LogP contribution in [0.2, 0.25) is 0 Å². The third-order valence-corrected chi connectivity index (χ3v) is 12.1. The number of H-pyrrole nitrogens is 1. The second kappa shape index (κ2) is 26.4. The average Bonchev–Trinajstić information content (AvgIpc) is 4.17. The van der Waals surface area contributed by atoms with E-state index < -0.39 is 55.8 Å². The van der Waals surface area contributed by atoms with Gasteiger partial charge in [-0.1, -0.05) is 53.0 Å². The van der Waals surface area contributed by atoms with Gasteiger partial charge in [0.1, 0.15) is 17.9 Å². The van der Waals surface area contributed by atoms with Crippen LogP contribution in [-0.4, -0.2) is 92.6 Å². The van der Waals surface area contributed by atoms with Crippen LogP contribution in [0.15, 0.2) is 47.9 Å². The van der Waals surface area contributed by atoms with Crippen molar-refractivity contribution in [2.45, 2.75) is 148 Å². The van der Waals surface area contributed by atoms with Gasteiger partial charge >= 0.3 is 20.6 Å². The maximum absolute atomic E-state index is 12.2. The molecule has 1 radical (unpaired) electrons. The number of fused-ring (bicyclic) bond motifs is 1. The number of aliphatic hydroxyl groups is 1. The summed E-state index contributed by atoms with van der Waals surface area (Å²) in [4.78, 5) is 50.3. The fraction of sp³-hybridized carbons (Fsp3) is 0.667. The maximum Gasteiger partial charge on any atom is 0.362 e. The van der Waals surface area contributed by atoms with Crippen LogP contribution in [0.3, 0.4) is 0 Å². The summed E-state index contributed by atoms with van der Waals surface area (Å²) < 4.78 is 59.7. The van der Waals surface area contributed by atoms with E-state index in [1.807, 2.05) is 44.5 Å². The molecule has 0 spiro atoms. The first kappa shape index (κ1) is 58.2. The van der Waals surface area contributed by atoms with Gasteiger partial charge in [-0.05, 0) is 113 Å². The molecule has 355 valence electrons. The molecule has 7 rings (SSSR count). The normalized spacial score (nSPS) is 21.7. The number of nitrogens with one attached hydrogen (secondary N) is 3. The molecule has 1 aromatic heterocycles. The predicted octanol–water partition coefficient (Wildman–Crippen LogP) is 4.91. The summed E-state index contributed by atoms with van der Waals surface area (Å²) in [5.74, 6) is -0.595. The minimum Gasteiger partial charge on any atom is -0.675 e. The number of likely N-dealkylation sites (tertiary alicyclic amines) is 1. The van der Waals surface area contributed by atoms with Crippen molar-refractivity contribution in [1.82, 2.24) is 14.6 Å². The predicted molar refractivity (Wildman–Crippen MR) is 238 cm³/mol. The maximum atomic E-state index is 12.2. The fourth-order valence-corrected chi connectivity index (χ4v) is 8.37. The molecule has 0 bridgehead atoms. The molecule has 1 aromatic carbocycles. The number of methoxy groups -OCH3 is 1. The Balaban J connectivity index is 0.000000409. The quantitative estimate of drug-likeness (QED) is 0.188. The Morgan fingerprint density at radius 3 is 2.00 bits per heavy atom. The van der Waals surface area contributed by atoms with Crippen LogP contribution in [0.1, 0.15) is 119 Å². The van der Waals surface area contributed by atoms with Gasteiger partial charge in [0.05, 0.1) is 18.3 Å². The Kier molecular flexibility index (Phi) is 24.4. The van der Waals surface area contributed by atoms with E-state index in [1.165, 1.54) is 11.3 Å². The third kappa shape index (κ3) is 21.4. The number of nitrogens with two attached hydrogens (primary N) is 2. The minimum atomic E-state index is -3.95. The van der Waals surface area contributed by atoms with E-state index in [0.717, 1.165) is 56.1 Å². The smallest absolute Gasteiger partial charge is 0.362 e. The Labute approximate surface area is 398 Å². The summed E-state index contributed by atoms with van der Waals surface area (Å²) in [6, 6.07) is 6.78. The number of amides is 3. The molecule has 0 unspecified atom stereocenters. The molecule has 4 saturated carbocycles. The topological polar surface area (TPSA) is 291 Å². The summed E-state index contributed by atoms with van der Waals surface area (Å²) >= 11 is 0. The Hall–Kier alpha value is -2.82. The minimum absolute atomic E-state index is 0. The number of aromatic nitrogens is 1. The summed E-state index contributed by atoms with van der Waals surface area (Å²) in [7, 11) is -6.06. The number of hydrogen-bond acceptors (Lipinski definition) is 12. The van der Waals surface area contributed by atoms with E-state index in [0.29, 0.717) is 37.6 Å². The number of benzene rings is 1. The molecule has 1 aliphatic heterocycles. The molecular formula is C42H69N6O12S2Y-. The van der Waals surface area contributed by atoms with E-state index in [2.05, 4.69) is 20.9 Å².